The van der Waals surface area contributed by atoms with E-state index in [4.69, 9.17) is 10.8 Å². The smallest absolute Gasteiger partial charge is 0.339 e. The Labute approximate surface area is 86.7 Å². The van der Waals surface area contributed by atoms with Gasteiger partial charge >= 0.3 is 5.97 Å². The topological polar surface area (TPSA) is 98.2 Å². The number of carboxylic acid groups (broad SMARTS) is 1. The lowest BCUT2D eigenvalue weighted by Crippen LogP contribution is -2.15. The van der Waals surface area contributed by atoms with E-state index < -0.39 is 11.9 Å². The third-order valence-corrected chi connectivity index (χ3v) is 2.17. The minimum absolute atomic E-state index is 0.154. The Balaban J connectivity index is 2.96. The maximum absolute atomic E-state index is 10.8. The van der Waals surface area contributed by atoms with E-state index in [-0.39, 0.29) is 12.0 Å². The molecule has 0 aromatic carbocycles. The number of carboxylic acids is 1. The number of hydrogen-bond donors (Lipinski definition) is 2. The quantitative estimate of drug-likeness (QED) is 0.736. The van der Waals surface area contributed by atoms with E-state index in [1.807, 2.05) is 0 Å². The molecule has 1 aromatic rings. The van der Waals surface area contributed by atoms with Crippen LogP contribution in [0.5, 0.6) is 0 Å². The molecule has 0 radical (unpaired) electrons. The van der Waals surface area contributed by atoms with Crippen LogP contribution in [-0.4, -0.2) is 26.8 Å². The van der Waals surface area contributed by atoms with Crippen LogP contribution in [0.3, 0.4) is 0 Å². The van der Waals surface area contributed by atoms with E-state index in [0.29, 0.717) is 17.9 Å². The highest BCUT2D eigenvalue weighted by Gasteiger charge is 2.17. The Morgan fingerprint density at radius 1 is 1.47 bits per heavy atom. The zero-order valence-corrected chi connectivity index (χ0v) is 8.65. The summed E-state index contributed by atoms with van der Waals surface area (Å²) < 4.78 is 1.49. The third kappa shape index (κ3) is 2.34. The number of carbonyl (C=O) groups excluding carboxylic acids is 1. The van der Waals surface area contributed by atoms with Gasteiger partial charge < -0.3 is 10.8 Å². The number of primary amides is 1. The highest BCUT2D eigenvalue weighted by molar-refractivity contribution is 5.90. The predicted molar refractivity (Wildman–Crippen MR) is 52.5 cm³/mol. The van der Waals surface area contributed by atoms with Crippen LogP contribution in [0, 0.1) is 13.8 Å². The van der Waals surface area contributed by atoms with Crippen molar-refractivity contribution in [2.45, 2.75) is 26.8 Å². The fraction of sp³-hybridized carbons (Fsp3) is 0.444. The monoisotopic (exact) mass is 211 g/mol. The second-order valence-corrected chi connectivity index (χ2v) is 3.29. The molecule has 1 rings (SSSR count). The highest BCUT2D eigenvalue weighted by Crippen LogP contribution is 2.12. The Kier molecular flexibility index (Phi) is 3.08. The first-order chi connectivity index (χ1) is 6.93. The van der Waals surface area contributed by atoms with Crippen LogP contribution < -0.4 is 5.73 Å². The van der Waals surface area contributed by atoms with Crippen molar-refractivity contribution in [1.82, 2.24) is 9.78 Å². The SMILES string of the molecule is Cc1nn(CCC(N)=O)c(C)c1C(=O)O. The van der Waals surface area contributed by atoms with Crippen LogP contribution in [0.1, 0.15) is 28.2 Å². The van der Waals surface area contributed by atoms with E-state index in [2.05, 4.69) is 5.10 Å². The van der Waals surface area contributed by atoms with Crippen molar-refractivity contribution < 1.29 is 14.7 Å². The second kappa shape index (κ2) is 4.12. The van der Waals surface area contributed by atoms with Crippen LogP contribution >= 0.6 is 0 Å². The van der Waals surface area contributed by atoms with Gasteiger partial charge in [-0.05, 0) is 13.8 Å². The van der Waals surface area contributed by atoms with Crippen LogP contribution in [0.25, 0.3) is 0 Å². The van der Waals surface area contributed by atoms with E-state index >= 15 is 0 Å². The number of nitrogens with two attached hydrogens (primary N) is 1. The molecular formula is C9H13N3O3. The predicted octanol–water partition coefficient (Wildman–Crippen LogP) is 0.0735. The summed E-state index contributed by atoms with van der Waals surface area (Å²) in [5.41, 5.74) is 6.18. The van der Waals surface area contributed by atoms with Crippen LogP contribution in [0.15, 0.2) is 0 Å². The largest absolute Gasteiger partial charge is 0.478 e. The molecule has 15 heavy (non-hydrogen) atoms. The molecule has 0 aliphatic heterocycles. The summed E-state index contributed by atoms with van der Waals surface area (Å²) in [6, 6.07) is 0. The van der Waals surface area contributed by atoms with Crippen molar-refractivity contribution >= 4 is 11.9 Å². The number of amides is 1. The van der Waals surface area contributed by atoms with Gasteiger partial charge in [-0.15, -0.1) is 0 Å². The molecule has 1 heterocycles. The molecule has 82 valence electrons. The Morgan fingerprint density at radius 2 is 2.07 bits per heavy atom. The number of aromatic carboxylic acids is 1. The molecule has 6 nitrogen and oxygen atoms in total. The lowest BCUT2D eigenvalue weighted by molar-refractivity contribution is -0.118. The van der Waals surface area contributed by atoms with Gasteiger partial charge in [0, 0.05) is 13.0 Å². The Hall–Kier alpha value is -1.85. The Morgan fingerprint density at radius 3 is 2.47 bits per heavy atom. The van der Waals surface area contributed by atoms with Crippen LogP contribution in [-0.2, 0) is 11.3 Å². The number of carbonyl (C=O) groups is 2. The van der Waals surface area contributed by atoms with Crippen LogP contribution in [0.2, 0.25) is 0 Å². The summed E-state index contributed by atoms with van der Waals surface area (Å²) in [6.07, 6.45) is 0.154. The van der Waals surface area contributed by atoms with Gasteiger partial charge in [0.25, 0.3) is 0 Å². The third-order valence-electron chi connectivity index (χ3n) is 2.17. The molecule has 3 N–H and O–H groups in total. The molecule has 0 unspecified atom stereocenters. The highest BCUT2D eigenvalue weighted by atomic mass is 16.4. The molecule has 0 aliphatic carbocycles. The van der Waals surface area contributed by atoms with Gasteiger partial charge in [0.2, 0.25) is 5.91 Å². The van der Waals surface area contributed by atoms with Gasteiger partial charge in [-0.3, -0.25) is 9.48 Å². The zero-order valence-electron chi connectivity index (χ0n) is 8.65. The van der Waals surface area contributed by atoms with E-state index in [1.54, 1.807) is 13.8 Å². The summed E-state index contributed by atoms with van der Waals surface area (Å²) in [4.78, 5) is 21.4. The van der Waals surface area contributed by atoms with Gasteiger partial charge in [0.05, 0.1) is 11.4 Å². The van der Waals surface area contributed by atoms with Crippen molar-refractivity contribution in [3.8, 4) is 0 Å². The Bertz CT molecular complexity index is 409. The van der Waals surface area contributed by atoms with Crippen LogP contribution in [0.4, 0.5) is 0 Å². The minimum atomic E-state index is -1.00. The molecule has 0 saturated carbocycles. The molecule has 0 spiro atoms. The van der Waals surface area contributed by atoms with Crippen molar-refractivity contribution in [2.75, 3.05) is 0 Å². The molecular weight excluding hydrogens is 198 g/mol. The average Bonchev–Trinajstić information content (AvgIpc) is 2.37. The molecule has 1 amide bonds. The second-order valence-electron chi connectivity index (χ2n) is 3.29. The van der Waals surface area contributed by atoms with Gasteiger partial charge in [0.1, 0.15) is 5.56 Å². The maximum Gasteiger partial charge on any atom is 0.339 e. The van der Waals surface area contributed by atoms with Crippen molar-refractivity contribution in [1.29, 1.82) is 0 Å². The number of aryl methyl sites for hydroxylation is 2. The van der Waals surface area contributed by atoms with Gasteiger partial charge in [-0.25, -0.2) is 4.79 Å². The molecule has 0 aliphatic rings. The number of hydrogen-bond acceptors (Lipinski definition) is 3. The average molecular weight is 211 g/mol. The molecule has 0 bridgehead atoms. The van der Waals surface area contributed by atoms with E-state index in [1.165, 1.54) is 4.68 Å². The first-order valence-electron chi connectivity index (χ1n) is 4.49. The van der Waals surface area contributed by atoms with Gasteiger partial charge in [0.15, 0.2) is 0 Å². The standard InChI is InChI=1S/C9H13N3O3/c1-5-8(9(14)15)6(2)12(11-5)4-3-7(10)13/h3-4H2,1-2H3,(H2,10,13)(H,14,15). The van der Waals surface area contributed by atoms with E-state index in [9.17, 15) is 9.59 Å². The fourth-order valence-corrected chi connectivity index (χ4v) is 1.44. The summed E-state index contributed by atoms with van der Waals surface area (Å²) in [7, 11) is 0. The number of rotatable bonds is 4. The molecule has 0 atom stereocenters. The summed E-state index contributed by atoms with van der Waals surface area (Å²) in [5, 5.41) is 12.9. The first-order valence-corrected chi connectivity index (χ1v) is 4.49. The number of nitrogens with zero attached hydrogens (tertiary/aromatic N) is 2. The maximum atomic E-state index is 10.8. The van der Waals surface area contributed by atoms with Crippen molar-refractivity contribution in [3.05, 3.63) is 17.0 Å². The fourth-order valence-electron chi connectivity index (χ4n) is 1.44. The van der Waals surface area contributed by atoms with Gasteiger partial charge in [-0.1, -0.05) is 0 Å². The van der Waals surface area contributed by atoms with Gasteiger partial charge in [-0.2, -0.15) is 5.10 Å². The first kappa shape index (κ1) is 11.2. The number of aromatic nitrogens is 2. The molecule has 1 aromatic heterocycles. The molecule has 0 saturated heterocycles. The summed E-state index contributed by atoms with van der Waals surface area (Å²) in [5.74, 6) is -1.44. The molecule has 0 fully saturated rings. The van der Waals surface area contributed by atoms with E-state index in [0.717, 1.165) is 0 Å². The lowest BCUT2D eigenvalue weighted by atomic mass is 10.2. The lowest BCUT2D eigenvalue weighted by Gasteiger charge is -2.01. The summed E-state index contributed by atoms with van der Waals surface area (Å²) >= 11 is 0. The molecule has 6 heteroatoms. The normalized spacial score (nSPS) is 10.3. The zero-order chi connectivity index (χ0) is 11.6. The van der Waals surface area contributed by atoms with Crippen molar-refractivity contribution in [3.63, 3.8) is 0 Å². The summed E-state index contributed by atoms with van der Waals surface area (Å²) in [6.45, 7) is 3.59. The minimum Gasteiger partial charge on any atom is -0.478 e. The van der Waals surface area contributed by atoms with Crippen molar-refractivity contribution in [2.24, 2.45) is 5.73 Å².